The van der Waals surface area contributed by atoms with Crippen LogP contribution in [0.25, 0.3) is 21.9 Å². The number of pyridine rings is 1. The number of aromatic nitrogens is 3. The number of benzene rings is 3. The minimum Gasteiger partial charge on any atom is -0.465 e. The number of sulfonamides is 1. The van der Waals surface area contributed by atoms with Crippen molar-refractivity contribution in [1.29, 1.82) is 5.41 Å². The number of esters is 1. The lowest BCUT2D eigenvalue weighted by atomic mass is 10.2. The Morgan fingerprint density at radius 1 is 1.10 bits per heavy atom. The van der Waals surface area contributed by atoms with Crippen LogP contribution in [-0.4, -0.2) is 47.9 Å². The number of nitrogens with one attached hydrogen (secondary N) is 2. The highest BCUT2D eigenvalue weighted by Crippen LogP contribution is 2.31. The van der Waals surface area contributed by atoms with Crippen LogP contribution in [0.1, 0.15) is 12.5 Å². The Kier molecular flexibility index (Phi) is 8.45. The van der Waals surface area contributed by atoms with Gasteiger partial charge in [-0.05, 0) is 61.5 Å². The van der Waals surface area contributed by atoms with Gasteiger partial charge in [-0.25, -0.2) is 13.4 Å². The summed E-state index contributed by atoms with van der Waals surface area (Å²) in [6.45, 7) is 1.25. The molecule has 0 atom stereocenters. The van der Waals surface area contributed by atoms with Crippen LogP contribution in [0.5, 0.6) is 0 Å². The van der Waals surface area contributed by atoms with Gasteiger partial charge in [-0.3, -0.25) is 19.5 Å². The third-order valence-electron chi connectivity index (χ3n) is 6.35. The minimum atomic E-state index is -4.23. The van der Waals surface area contributed by atoms with Crippen LogP contribution in [0.3, 0.4) is 0 Å². The third-order valence-corrected chi connectivity index (χ3v) is 8.15. The van der Waals surface area contributed by atoms with Crippen molar-refractivity contribution in [2.45, 2.75) is 11.8 Å². The molecular weight excluding hydrogens is 566 g/mol. The molecule has 212 valence electrons. The van der Waals surface area contributed by atoms with E-state index < -0.39 is 22.5 Å². The summed E-state index contributed by atoms with van der Waals surface area (Å²) in [5.74, 6) is -0.194. The number of amidine groups is 1. The van der Waals surface area contributed by atoms with Gasteiger partial charge in [-0.1, -0.05) is 18.2 Å². The van der Waals surface area contributed by atoms with Crippen molar-refractivity contribution in [1.82, 2.24) is 14.5 Å². The Labute approximate surface area is 242 Å². The highest BCUT2D eigenvalue weighted by Gasteiger charge is 2.30. The number of aryl methyl sites for hydroxylation is 1. The number of rotatable bonds is 9. The molecule has 0 saturated carbocycles. The molecule has 5 aromatic rings. The molecular formula is C28H28ClN7O4S. The van der Waals surface area contributed by atoms with Gasteiger partial charge in [-0.2, -0.15) is 0 Å². The molecule has 3 aromatic carbocycles. The van der Waals surface area contributed by atoms with Crippen molar-refractivity contribution >= 4 is 73.5 Å². The molecule has 13 heteroatoms. The number of fused-ring (bicyclic) bond motifs is 2. The molecule has 0 radical (unpaired) electrons. The smallest absolute Gasteiger partial charge is 0.326 e. The van der Waals surface area contributed by atoms with Crippen molar-refractivity contribution in [2.24, 2.45) is 12.8 Å². The Hall–Kier alpha value is -4.68. The zero-order chi connectivity index (χ0) is 28.4. The second kappa shape index (κ2) is 11.8. The van der Waals surface area contributed by atoms with E-state index in [-0.39, 0.29) is 35.4 Å². The number of carbonyl (C=O) groups excluding carboxylic acids is 1. The monoisotopic (exact) mass is 593 g/mol. The Morgan fingerprint density at radius 3 is 2.54 bits per heavy atom. The molecule has 0 aliphatic rings. The predicted octanol–water partition coefficient (Wildman–Crippen LogP) is 4.33. The second-order valence-corrected chi connectivity index (χ2v) is 10.8. The first-order valence-corrected chi connectivity index (χ1v) is 13.8. The van der Waals surface area contributed by atoms with Crippen molar-refractivity contribution in [3.05, 3.63) is 84.6 Å². The molecule has 11 nitrogen and oxygen atoms in total. The van der Waals surface area contributed by atoms with E-state index in [1.54, 1.807) is 73.7 Å². The zero-order valence-corrected chi connectivity index (χ0v) is 23.9. The quantitative estimate of drug-likeness (QED) is 0.129. The summed E-state index contributed by atoms with van der Waals surface area (Å²) < 4.78 is 36.0. The van der Waals surface area contributed by atoms with E-state index in [2.05, 4.69) is 15.3 Å². The fourth-order valence-electron chi connectivity index (χ4n) is 4.36. The highest BCUT2D eigenvalue weighted by molar-refractivity contribution is 7.93. The Bertz CT molecular complexity index is 1850. The second-order valence-electron chi connectivity index (χ2n) is 8.93. The average Bonchev–Trinajstić information content (AvgIpc) is 3.25. The van der Waals surface area contributed by atoms with E-state index in [4.69, 9.17) is 15.9 Å². The number of imidazole rings is 1. The minimum absolute atomic E-state index is 0. The standard InChI is InChI=1S/C28H27N7O4S.ClH/c1-3-39-25(36)17-35(40(37,38)24-8-4-6-18-7-5-15-31-26(18)24)21-13-14-23-22(16-21)33-28(34(23)2)32-20-11-9-19(10-12-20)27(29)30;/h4-16H,3,17H2,1-2H3,(H3,29,30)(H,32,33);1H. The number of nitrogens with two attached hydrogens (primary N) is 1. The molecule has 0 aliphatic heterocycles. The first kappa shape index (κ1) is 29.3. The van der Waals surface area contributed by atoms with E-state index in [1.165, 1.54) is 12.3 Å². The summed E-state index contributed by atoms with van der Waals surface area (Å²) in [5.41, 5.74) is 8.69. The molecule has 5 rings (SSSR count). The first-order valence-electron chi connectivity index (χ1n) is 12.4. The molecule has 0 unspecified atom stereocenters. The van der Waals surface area contributed by atoms with Gasteiger partial charge >= 0.3 is 5.97 Å². The summed E-state index contributed by atoms with van der Waals surface area (Å²) in [5, 5.41) is 11.4. The van der Waals surface area contributed by atoms with Gasteiger partial charge in [0.1, 0.15) is 17.3 Å². The van der Waals surface area contributed by atoms with Crippen LogP contribution in [-0.2, 0) is 26.6 Å². The van der Waals surface area contributed by atoms with E-state index in [0.29, 0.717) is 27.9 Å². The lowest BCUT2D eigenvalue weighted by Gasteiger charge is -2.24. The summed E-state index contributed by atoms with van der Waals surface area (Å²) >= 11 is 0. The number of nitrogen functional groups attached to an aromatic ring is 1. The topological polar surface area (TPSA) is 156 Å². The van der Waals surface area contributed by atoms with Gasteiger partial charge in [0.25, 0.3) is 10.0 Å². The fraction of sp³-hybridized carbons (Fsp3) is 0.143. The van der Waals surface area contributed by atoms with Crippen LogP contribution in [0.2, 0.25) is 0 Å². The molecule has 0 saturated heterocycles. The van der Waals surface area contributed by atoms with Crippen molar-refractivity contribution < 1.29 is 17.9 Å². The van der Waals surface area contributed by atoms with Crippen LogP contribution >= 0.6 is 12.4 Å². The summed E-state index contributed by atoms with van der Waals surface area (Å²) in [7, 11) is -2.40. The lowest BCUT2D eigenvalue weighted by molar-refractivity contribution is -0.141. The number of hydrogen-bond acceptors (Lipinski definition) is 8. The zero-order valence-electron chi connectivity index (χ0n) is 22.2. The molecule has 0 aliphatic carbocycles. The van der Waals surface area contributed by atoms with E-state index in [0.717, 1.165) is 15.5 Å². The Balaban J connectivity index is 0.00000387. The van der Waals surface area contributed by atoms with Crippen LogP contribution in [0.15, 0.2) is 83.9 Å². The molecule has 2 aromatic heterocycles. The van der Waals surface area contributed by atoms with Gasteiger partial charge in [0.2, 0.25) is 5.95 Å². The fourth-order valence-corrected chi connectivity index (χ4v) is 5.93. The number of anilines is 3. The SMILES string of the molecule is CCOC(=O)CN(c1ccc2c(c1)nc(Nc1ccc(C(=N)N)cc1)n2C)S(=O)(=O)c1cccc2cccnc12.Cl. The maximum atomic E-state index is 14.0. The largest absolute Gasteiger partial charge is 0.465 e. The number of halogens is 1. The van der Waals surface area contributed by atoms with Crippen molar-refractivity contribution in [2.75, 3.05) is 22.8 Å². The van der Waals surface area contributed by atoms with E-state index >= 15 is 0 Å². The van der Waals surface area contributed by atoms with Gasteiger partial charge in [-0.15, -0.1) is 12.4 Å². The number of hydrogen-bond donors (Lipinski definition) is 3. The maximum absolute atomic E-state index is 14.0. The molecule has 2 heterocycles. The lowest BCUT2D eigenvalue weighted by Crippen LogP contribution is -2.36. The van der Waals surface area contributed by atoms with E-state index in [1.807, 2.05) is 11.6 Å². The van der Waals surface area contributed by atoms with Gasteiger partial charge in [0.15, 0.2) is 0 Å². The normalized spacial score (nSPS) is 11.2. The molecule has 0 fully saturated rings. The van der Waals surface area contributed by atoms with Crippen molar-refractivity contribution in [3.8, 4) is 0 Å². The highest BCUT2D eigenvalue weighted by atomic mass is 35.5. The predicted molar refractivity (Wildman–Crippen MR) is 162 cm³/mol. The van der Waals surface area contributed by atoms with Crippen LogP contribution in [0.4, 0.5) is 17.3 Å². The van der Waals surface area contributed by atoms with Crippen LogP contribution < -0.4 is 15.4 Å². The van der Waals surface area contributed by atoms with Gasteiger partial charge in [0, 0.05) is 29.9 Å². The van der Waals surface area contributed by atoms with Crippen molar-refractivity contribution in [3.63, 3.8) is 0 Å². The summed E-state index contributed by atoms with van der Waals surface area (Å²) in [6.07, 6.45) is 1.53. The summed E-state index contributed by atoms with van der Waals surface area (Å²) in [6, 6.07) is 20.4. The third kappa shape index (κ3) is 5.79. The Morgan fingerprint density at radius 2 is 1.83 bits per heavy atom. The molecule has 41 heavy (non-hydrogen) atoms. The molecule has 0 spiro atoms. The number of ether oxygens (including phenoxy) is 1. The average molecular weight is 594 g/mol. The first-order chi connectivity index (χ1) is 19.2. The van der Waals surface area contributed by atoms with Crippen LogP contribution in [0, 0.1) is 5.41 Å². The van der Waals surface area contributed by atoms with Gasteiger partial charge in [0.05, 0.1) is 28.8 Å². The molecule has 0 amide bonds. The number of nitrogens with zero attached hydrogens (tertiary/aromatic N) is 4. The molecule has 0 bridgehead atoms. The van der Waals surface area contributed by atoms with Gasteiger partial charge < -0.3 is 20.4 Å². The summed E-state index contributed by atoms with van der Waals surface area (Å²) in [4.78, 5) is 21.5. The number of carbonyl (C=O) groups is 1. The number of para-hydroxylation sites is 1. The molecule has 4 N–H and O–H groups in total. The van der Waals surface area contributed by atoms with E-state index in [9.17, 15) is 13.2 Å². The maximum Gasteiger partial charge on any atom is 0.326 e.